The van der Waals surface area contributed by atoms with Crippen LogP contribution in [0.3, 0.4) is 0 Å². The van der Waals surface area contributed by atoms with Crippen LogP contribution in [0, 0.1) is 12.7 Å². The van der Waals surface area contributed by atoms with Crippen molar-refractivity contribution in [2.45, 2.75) is 6.92 Å². The van der Waals surface area contributed by atoms with Gasteiger partial charge in [-0.15, -0.1) is 0 Å². The second-order valence-electron chi connectivity index (χ2n) is 4.15. The van der Waals surface area contributed by atoms with Gasteiger partial charge < -0.3 is 4.74 Å². The van der Waals surface area contributed by atoms with E-state index >= 15 is 0 Å². The molecule has 0 fully saturated rings. The van der Waals surface area contributed by atoms with Crippen LogP contribution in [-0.2, 0) is 0 Å². The summed E-state index contributed by atoms with van der Waals surface area (Å²) in [6.07, 6.45) is 0. The number of Topliss-reactive ketones (excluding diaryl/α,β-unsaturated/α-hetero) is 1. The molecular formula is C15H12ClFO2. The third kappa shape index (κ3) is 3.55. The molecule has 0 unspecified atom stereocenters. The van der Waals surface area contributed by atoms with Gasteiger partial charge in [0.2, 0.25) is 0 Å². The summed E-state index contributed by atoms with van der Waals surface area (Å²) < 4.78 is 18.6. The lowest BCUT2D eigenvalue weighted by Crippen LogP contribution is -2.12. The van der Waals surface area contributed by atoms with Crippen molar-refractivity contribution in [2.24, 2.45) is 0 Å². The molecular weight excluding hydrogens is 267 g/mol. The quantitative estimate of drug-likeness (QED) is 0.789. The Morgan fingerprint density at radius 1 is 1.21 bits per heavy atom. The number of hydrogen-bond donors (Lipinski definition) is 0. The second kappa shape index (κ2) is 5.85. The van der Waals surface area contributed by atoms with Gasteiger partial charge in [-0.2, -0.15) is 0 Å². The van der Waals surface area contributed by atoms with Gasteiger partial charge >= 0.3 is 0 Å². The topological polar surface area (TPSA) is 26.3 Å². The zero-order valence-corrected chi connectivity index (χ0v) is 11.1. The highest BCUT2D eigenvalue weighted by molar-refractivity contribution is 6.30. The number of hydrogen-bond acceptors (Lipinski definition) is 2. The van der Waals surface area contributed by atoms with Gasteiger partial charge in [0.15, 0.2) is 24.0 Å². The number of benzene rings is 2. The summed E-state index contributed by atoms with van der Waals surface area (Å²) in [6, 6.07) is 11.0. The normalized spacial score (nSPS) is 10.3. The Morgan fingerprint density at radius 2 is 1.89 bits per heavy atom. The zero-order valence-electron chi connectivity index (χ0n) is 10.3. The molecule has 0 spiro atoms. The molecule has 2 nitrogen and oxygen atoms in total. The van der Waals surface area contributed by atoms with Gasteiger partial charge in [-0.05, 0) is 48.9 Å². The number of carbonyl (C=O) groups is 1. The maximum Gasteiger partial charge on any atom is 0.200 e. The van der Waals surface area contributed by atoms with Gasteiger partial charge in [0.25, 0.3) is 0 Å². The SMILES string of the molecule is Cc1ccc(F)c(OCC(=O)c2ccc(Cl)cc2)c1. The molecule has 0 aliphatic heterocycles. The Kier molecular flexibility index (Phi) is 4.17. The van der Waals surface area contributed by atoms with Crippen molar-refractivity contribution in [3.63, 3.8) is 0 Å². The van der Waals surface area contributed by atoms with Crippen LogP contribution in [0.25, 0.3) is 0 Å². The van der Waals surface area contributed by atoms with Crippen LogP contribution in [0.4, 0.5) is 4.39 Å². The molecule has 0 saturated carbocycles. The highest BCUT2D eigenvalue weighted by atomic mass is 35.5. The van der Waals surface area contributed by atoms with Crippen molar-refractivity contribution in [1.29, 1.82) is 0 Å². The molecule has 4 heteroatoms. The molecule has 2 aromatic carbocycles. The maximum atomic E-state index is 13.4. The summed E-state index contributed by atoms with van der Waals surface area (Å²) in [4.78, 5) is 11.8. The van der Waals surface area contributed by atoms with E-state index in [0.29, 0.717) is 10.6 Å². The smallest absolute Gasteiger partial charge is 0.200 e. The molecule has 0 aliphatic carbocycles. The van der Waals surface area contributed by atoms with E-state index in [4.69, 9.17) is 16.3 Å². The van der Waals surface area contributed by atoms with E-state index in [0.717, 1.165) is 5.56 Å². The first-order chi connectivity index (χ1) is 9.06. The number of carbonyl (C=O) groups excluding carboxylic acids is 1. The van der Waals surface area contributed by atoms with Crippen LogP contribution in [-0.4, -0.2) is 12.4 Å². The fraction of sp³-hybridized carbons (Fsp3) is 0.133. The number of halogens is 2. The van der Waals surface area contributed by atoms with Gasteiger partial charge in [0, 0.05) is 10.6 Å². The summed E-state index contributed by atoms with van der Waals surface area (Å²) >= 11 is 5.74. The van der Waals surface area contributed by atoms with Crippen LogP contribution >= 0.6 is 11.6 Å². The fourth-order valence-corrected chi connectivity index (χ4v) is 1.71. The molecule has 0 amide bonds. The van der Waals surface area contributed by atoms with E-state index in [1.165, 1.54) is 6.07 Å². The van der Waals surface area contributed by atoms with E-state index in [-0.39, 0.29) is 18.1 Å². The van der Waals surface area contributed by atoms with Crippen LogP contribution in [0.1, 0.15) is 15.9 Å². The van der Waals surface area contributed by atoms with Gasteiger partial charge in [0.1, 0.15) is 0 Å². The predicted octanol–water partition coefficient (Wildman–Crippen LogP) is 4.05. The number of aryl methyl sites for hydroxylation is 1. The summed E-state index contributed by atoms with van der Waals surface area (Å²) in [5.41, 5.74) is 1.35. The summed E-state index contributed by atoms with van der Waals surface area (Å²) in [7, 11) is 0. The van der Waals surface area contributed by atoms with Crippen molar-refractivity contribution in [2.75, 3.05) is 6.61 Å². The predicted molar refractivity (Wildman–Crippen MR) is 72.4 cm³/mol. The molecule has 0 saturated heterocycles. The third-order valence-electron chi connectivity index (χ3n) is 2.61. The molecule has 0 bridgehead atoms. The van der Waals surface area contributed by atoms with E-state index < -0.39 is 5.82 Å². The first-order valence-corrected chi connectivity index (χ1v) is 6.12. The van der Waals surface area contributed by atoms with Crippen LogP contribution in [0.2, 0.25) is 5.02 Å². The first kappa shape index (κ1) is 13.6. The van der Waals surface area contributed by atoms with Gasteiger partial charge in [-0.1, -0.05) is 17.7 Å². The monoisotopic (exact) mass is 278 g/mol. The van der Waals surface area contributed by atoms with Crippen molar-refractivity contribution >= 4 is 17.4 Å². The van der Waals surface area contributed by atoms with Crippen LogP contribution in [0.15, 0.2) is 42.5 Å². The van der Waals surface area contributed by atoms with E-state index in [1.54, 1.807) is 36.4 Å². The average Bonchev–Trinajstić information content (AvgIpc) is 2.40. The van der Waals surface area contributed by atoms with Gasteiger partial charge in [0.05, 0.1) is 0 Å². The van der Waals surface area contributed by atoms with Crippen molar-refractivity contribution < 1.29 is 13.9 Å². The molecule has 19 heavy (non-hydrogen) atoms. The molecule has 0 aliphatic rings. The first-order valence-electron chi connectivity index (χ1n) is 5.74. The third-order valence-corrected chi connectivity index (χ3v) is 2.86. The molecule has 0 aromatic heterocycles. The van der Waals surface area contributed by atoms with Crippen molar-refractivity contribution in [3.8, 4) is 5.75 Å². The van der Waals surface area contributed by atoms with E-state index in [2.05, 4.69) is 0 Å². The Labute approximate surface area is 115 Å². The Morgan fingerprint density at radius 3 is 2.58 bits per heavy atom. The average molecular weight is 279 g/mol. The van der Waals surface area contributed by atoms with Gasteiger partial charge in [-0.3, -0.25) is 4.79 Å². The van der Waals surface area contributed by atoms with E-state index in [9.17, 15) is 9.18 Å². The Bertz CT molecular complexity index is 594. The second-order valence-corrected chi connectivity index (χ2v) is 4.59. The lowest BCUT2D eigenvalue weighted by atomic mass is 10.1. The summed E-state index contributed by atoms with van der Waals surface area (Å²) in [6.45, 7) is 1.62. The molecule has 0 radical (unpaired) electrons. The molecule has 98 valence electrons. The minimum atomic E-state index is -0.477. The molecule has 2 aromatic rings. The highest BCUT2D eigenvalue weighted by Crippen LogP contribution is 2.18. The van der Waals surface area contributed by atoms with Crippen molar-refractivity contribution in [1.82, 2.24) is 0 Å². The lowest BCUT2D eigenvalue weighted by Gasteiger charge is -2.07. The van der Waals surface area contributed by atoms with Gasteiger partial charge in [-0.25, -0.2) is 4.39 Å². The largest absolute Gasteiger partial charge is 0.482 e. The Hall–Kier alpha value is -1.87. The molecule has 0 atom stereocenters. The summed E-state index contributed by atoms with van der Waals surface area (Å²) in [5, 5.41) is 0.558. The standard InChI is InChI=1S/C15H12ClFO2/c1-10-2-7-13(17)15(8-10)19-9-14(18)11-3-5-12(16)6-4-11/h2-8H,9H2,1H3. The minimum absolute atomic E-state index is 0.0855. The minimum Gasteiger partial charge on any atom is -0.482 e. The molecule has 0 heterocycles. The maximum absolute atomic E-state index is 13.4. The van der Waals surface area contributed by atoms with Crippen molar-refractivity contribution in [3.05, 3.63) is 64.4 Å². The fourth-order valence-electron chi connectivity index (χ4n) is 1.58. The molecule has 0 N–H and O–H groups in total. The number of rotatable bonds is 4. The lowest BCUT2D eigenvalue weighted by molar-refractivity contribution is 0.0918. The zero-order chi connectivity index (χ0) is 13.8. The number of ether oxygens (including phenoxy) is 1. The van der Waals surface area contributed by atoms with Crippen LogP contribution in [0.5, 0.6) is 5.75 Å². The molecule has 2 rings (SSSR count). The Balaban J connectivity index is 2.04. The van der Waals surface area contributed by atoms with Crippen LogP contribution < -0.4 is 4.74 Å². The number of ketones is 1. The van der Waals surface area contributed by atoms with E-state index in [1.807, 2.05) is 6.92 Å². The summed E-state index contributed by atoms with van der Waals surface area (Å²) in [5.74, 6) is -0.616. The highest BCUT2D eigenvalue weighted by Gasteiger charge is 2.09.